The lowest BCUT2D eigenvalue weighted by atomic mass is 10.1. The van der Waals surface area contributed by atoms with E-state index in [0.717, 1.165) is 23.5 Å². The zero-order valence-corrected chi connectivity index (χ0v) is 13.3. The molecule has 2 rings (SSSR count). The molecule has 1 N–H and O–H groups in total. The summed E-state index contributed by atoms with van der Waals surface area (Å²) < 4.78 is 5.00. The van der Waals surface area contributed by atoms with Crippen molar-refractivity contribution >= 4 is 50.4 Å². The topological polar surface area (TPSA) is 142 Å². The number of benzene rings is 1. The highest BCUT2D eigenvalue weighted by molar-refractivity contribution is 7.21. The van der Waals surface area contributed by atoms with Crippen LogP contribution in [0.15, 0.2) is 12.1 Å². The van der Waals surface area contributed by atoms with Crippen molar-refractivity contribution in [2.24, 2.45) is 0 Å². The molecule has 1 heterocycles. The minimum atomic E-state index is -0.803. The quantitative estimate of drug-likeness (QED) is 0.494. The molecule has 1 aromatic heterocycles. The summed E-state index contributed by atoms with van der Waals surface area (Å²) in [4.78, 5) is 44.1. The van der Waals surface area contributed by atoms with Gasteiger partial charge in [0.2, 0.25) is 5.91 Å². The number of rotatable bonds is 5. The number of fused-ring (bicyclic) bond motifs is 1. The van der Waals surface area contributed by atoms with Crippen molar-refractivity contribution in [1.82, 2.24) is 0 Å². The number of hydrogen-bond donors (Lipinski definition) is 1. The van der Waals surface area contributed by atoms with Crippen LogP contribution in [0, 0.1) is 20.2 Å². The molecule has 0 unspecified atom stereocenters. The van der Waals surface area contributed by atoms with Crippen molar-refractivity contribution in [1.29, 1.82) is 0 Å². The number of esters is 1. The second-order valence-electron chi connectivity index (χ2n) is 4.56. The molecule has 0 saturated carbocycles. The zero-order valence-electron chi connectivity index (χ0n) is 12.5. The van der Waals surface area contributed by atoms with Crippen molar-refractivity contribution < 1.29 is 24.2 Å². The van der Waals surface area contributed by atoms with E-state index >= 15 is 0 Å². The highest BCUT2D eigenvalue weighted by Crippen LogP contribution is 2.43. The zero-order chi connectivity index (χ0) is 18.0. The van der Waals surface area contributed by atoms with Crippen molar-refractivity contribution in [3.8, 4) is 0 Å². The lowest BCUT2D eigenvalue weighted by Crippen LogP contribution is -2.11. The summed E-state index contributed by atoms with van der Waals surface area (Å²) in [6.45, 7) is 2.82. The van der Waals surface area contributed by atoms with Gasteiger partial charge in [0.1, 0.15) is 4.88 Å². The number of carbonyl (C=O) groups is 2. The Morgan fingerprint density at radius 2 is 1.92 bits per heavy atom. The minimum Gasteiger partial charge on any atom is -0.462 e. The predicted octanol–water partition coefficient (Wildman–Crippen LogP) is 2.85. The fourth-order valence-corrected chi connectivity index (χ4v) is 3.18. The Hall–Kier alpha value is -3.08. The molecule has 0 bridgehead atoms. The van der Waals surface area contributed by atoms with Gasteiger partial charge >= 0.3 is 5.97 Å². The van der Waals surface area contributed by atoms with E-state index in [1.165, 1.54) is 6.92 Å². The van der Waals surface area contributed by atoms with Gasteiger partial charge in [-0.15, -0.1) is 11.3 Å². The van der Waals surface area contributed by atoms with Crippen LogP contribution in [0.4, 0.5) is 17.1 Å². The van der Waals surface area contributed by atoms with E-state index < -0.39 is 33.1 Å². The fourth-order valence-electron chi connectivity index (χ4n) is 2.08. The van der Waals surface area contributed by atoms with Crippen LogP contribution >= 0.6 is 11.3 Å². The van der Waals surface area contributed by atoms with Crippen LogP contribution in [-0.4, -0.2) is 28.3 Å². The number of ether oxygens (including phenoxy) is 1. The van der Waals surface area contributed by atoms with Crippen molar-refractivity contribution in [3.63, 3.8) is 0 Å². The van der Waals surface area contributed by atoms with Crippen molar-refractivity contribution in [3.05, 3.63) is 37.2 Å². The summed E-state index contributed by atoms with van der Waals surface area (Å²) in [5.74, 6) is -1.33. The third-order valence-corrected chi connectivity index (χ3v) is 4.04. The molecule has 2 aromatic rings. The molecular formula is C13H11N3O7S. The standard InChI is InChI=1S/C13H11N3O7S/c1-3-23-13(18)12-11(14-6(2)17)10-8(16(21)22)4-7(15(19)20)5-9(10)24-12/h4-5H,3H2,1-2H3,(H,14,17). The summed E-state index contributed by atoms with van der Waals surface area (Å²) in [5.41, 5.74) is -1.14. The fraction of sp³-hybridized carbons (Fsp3) is 0.231. The average molecular weight is 353 g/mol. The van der Waals surface area contributed by atoms with Gasteiger partial charge in [-0.1, -0.05) is 0 Å². The lowest BCUT2D eigenvalue weighted by molar-refractivity contribution is -0.393. The van der Waals surface area contributed by atoms with E-state index in [0.29, 0.717) is 0 Å². The molecule has 0 radical (unpaired) electrons. The largest absolute Gasteiger partial charge is 0.462 e. The summed E-state index contributed by atoms with van der Waals surface area (Å²) in [7, 11) is 0. The lowest BCUT2D eigenvalue weighted by Gasteiger charge is -2.05. The Morgan fingerprint density at radius 1 is 1.25 bits per heavy atom. The molecular weight excluding hydrogens is 342 g/mol. The first-order chi connectivity index (χ1) is 11.3. The van der Waals surface area contributed by atoms with Crippen molar-refractivity contribution in [2.75, 3.05) is 11.9 Å². The minimum absolute atomic E-state index is 0.0474. The molecule has 24 heavy (non-hydrogen) atoms. The monoisotopic (exact) mass is 353 g/mol. The molecule has 1 aromatic carbocycles. The first-order valence-electron chi connectivity index (χ1n) is 6.60. The second kappa shape index (κ2) is 6.58. The van der Waals surface area contributed by atoms with E-state index in [9.17, 15) is 29.8 Å². The third kappa shape index (κ3) is 3.15. The number of hydrogen-bond acceptors (Lipinski definition) is 8. The summed E-state index contributed by atoms with van der Waals surface area (Å²) >= 11 is 0.779. The number of nitrogens with zero attached hydrogens (tertiary/aromatic N) is 2. The maximum absolute atomic E-state index is 12.0. The molecule has 10 nitrogen and oxygen atoms in total. The SMILES string of the molecule is CCOC(=O)c1sc2cc([N+](=O)[O-])cc([N+](=O)[O-])c2c1NC(C)=O. The van der Waals surface area contributed by atoms with Gasteiger partial charge in [0.15, 0.2) is 0 Å². The molecule has 0 atom stereocenters. The van der Waals surface area contributed by atoms with Crippen LogP contribution in [0.2, 0.25) is 0 Å². The van der Waals surface area contributed by atoms with E-state index in [1.54, 1.807) is 6.92 Å². The summed E-state index contributed by atoms with van der Waals surface area (Å²) in [6, 6.07) is 1.90. The first-order valence-corrected chi connectivity index (χ1v) is 7.42. The van der Waals surface area contributed by atoms with Gasteiger partial charge in [0.25, 0.3) is 11.4 Å². The van der Waals surface area contributed by atoms with Crippen LogP contribution in [0.1, 0.15) is 23.5 Å². The van der Waals surface area contributed by atoms with Crippen LogP contribution in [0.25, 0.3) is 10.1 Å². The number of non-ortho nitro benzene ring substituents is 2. The van der Waals surface area contributed by atoms with Gasteiger partial charge in [0.05, 0.1) is 38.3 Å². The normalized spacial score (nSPS) is 10.4. The van der Waals surface area contributed by atoms with E-state index in [1.807, 2.05) is 0 Å². The Bertz CT molecular complexity index is 874. The van der Waals surface area contributed by atoms with E-state index in [2.05, 4.69) is 5.32 Å². The summed E-state index contributed by atoms with van der Waals surface area (Å²) in [6.07, 6.45) is 0. The average Bonchev–Trinajstić information content (AvgIpc) is 2.84. The van der Waals surface area contributed by atoms with Gasteiger partial charge in [-0.05, 0) is 6.92 Å². The molecule has 126 valence electrons. The number of nitro benzene ring substituents is 2. The predicted molar refractivity (Wildman–Crippen MR) is 85.4 cm³/mol. The number of thiophene rings is 1. The number of anilines is 1. The van der Waals surface area contributed by atoms with Crippen LogP contribution in [0.3, 0.4) is 0 Å². The molecule has 0 fully saturated rings. The molecule has 11 heteroatoms. The third-order valence-electron chi connectivity index (χ3n) is 2.92. The molecule has 0 spiro atoms. The Morgan fingerprint density at radius 3 is 2.42 bits per heavy atom. The van der Waals surface area contributed by atoms with E-state index in [4.69, 9.17) is 4.74 Å². The molecule has 0 aliphatic carbocycles. The van der Waals surface area contributed by atoms with Crippen LogP contribution < -0.4 is 5.32 Å². The Balaban J connectivity index is 2.86. The van der Waals surface area contributed by atoms with Gasteiger partial charge in [0, 0.05) is 13.0 Å². The van der Waals surface area contributed by atoms with E-state index in [-0.39, 0.29) is 27.3 Å². The maximum Gasteiger partial charge on any atom is 0.350 e. The van der Waals surface area contributed by atoms with Gasteiger partial charge < -0.3 is 10.1 Å². The Kier molecular flexibility index (Phi) is 4.74. The Labute approximate surface area is 138 Å². The number of nitro groups is 2. The van der Waals surface area contributed by atoms with Crippen LogP contribution in [-0.2, 0) is 9.53 Å². The molecule has 1 amide bonds. The van der Waals surface area contributed by atoms with Gasteiger partial charge in [-0.2, -0.15) is 0 Å². The van der Waals surface area contributed by atoms with Crippen LogP contribution in [0.5, 0.6) is 0 Å². The molecule has 0 saturated heterocycles. The van der Waals surface area contributed by atoms with Gasteiger partial charge in [-0.3, -0.25) is 25.0 Å². The number of carbonyl (C=O) groups excluding carboxylic acids is 2. The highest BCUT2D eigenvalue weighted by Gasteiger charge is 2.29. The summed E-state index contributed by atoms with van der Waals surface area (Å²) in [5, 5.41) is 24.6. The first kappa shape index (κ1) is 17.3. The maximum atomic E-state index is 12.0. The molecule has 0 aliphatic rings. The number of amides is 1. The van der Waals surface area contributed by atoms with Crippen molar-refractivity contribution in [2.45, 2.75) is 13.8 Å². The molecule has 0 aliphatic heterocycles. The number of nitrogens with one attached hydrogen (secondary N) is 1. The smallest absolute Gasteiger partial charge is 0.350 e. The highest BCUT2D eigenvalue weighted by atomic mass is 32.1. The second-order valence-corrected chi connectivity index (χ2v) is 5.61. The van der Waals surface area contributed by atoms with Gasteiger partial charge in [-0.25, -0.2) is 4.79 Å².